The molecule has 0 radical (unpaired) electrons. The number of quaternary nitrogens is 1. The Balaban J connectivity index is 3.76. The number of nitrogens with zero attached hydrogens (tertiary/aromatic N) is 1. The molecule has 13 heavy (non-hydrogen) atoms. The Morgan fingerprint density at radius 2 is 1.77 bits per heavy atom. The Hall–Kier alpha value is -0.210. The molecule has 0 aliphatic heterocycles. The SMILES string of the molecule is CCC[N+](O)(O)CCCS(=O)(=O)O. The molecule has 80 valence electrons. The first-order chi connectivity index (χ1) is 5.77. The molecule has 0 unspecified atom stereocenters. The molecule has 6 nitrogen and oxygen atoms in total. The minimum Gasteiger partial charge on any atom is -0.286 e. The highest BCUT2D eigenvalue weighted by atomic mass is 32.2. The quantitative estimate of drug-likeness (QED) is 0.335. The zero-order valence-electron chi connectivity index (χ0n) is 7.55. The zero-order valence-corrected chi connectivity index (χ0v) is 8.37. The van der Waals surface area contributed by atoms with Crippen LogP contribution in [-0.2, 0) is 10.1 Å². The summed E-state index contributed by atoms with van der Waals surface area (Å²) in [6.07, 6.45) is 0.602. The van der Waals surface area contributed by atoms with E-state index in [0.29, 0.717) is 6.42 Å². The van der Waals surface area contributed by atoms with Crippen LogP contribution in [0.3, 0.4) is 0 Å². The lowest BCUT2D eigenvalue weighted by Crippen LogP contribution is -2.43. The van der Waals surface area contributed by atoms with E-state index in [1.54, 1.807) is 6.92 Å². The summed E-state index contributed by atoms with van der Waals surface area (Å²) < 4.78 is 28.9. The molecular formula is C6H16NO5S+. The Bertz CT molecular complexity index is 235. The van der Waals surface area contributed by atoms with Gasteiger partial charge in [0.05, 0.1) is 5.75 Å². The van der Waals surface area contributed by atoms with Gasteiger partial charge < -0.3 is 0 Å². The highest BCUT2D eigenvalue weighted by Crippen LogP contribution is 2.01. The molecule has 0 amide bonds. The van der Waals surface area contributed by atoms with Gasteiger partial charge in [-0.3, -0.25) is 4.55 Å². The van der Waals surface area contributed by atoms with Crippen LogP contribution >= 0.6 is 0 Å². The van der Waals surface area contributed by atoms with Crippen molar-refractivity contribution in [3.8, 4) is 0 Å². The number of rotatable bonds is 6. The Morgan fingerprint density at radius 3 is 2.15 bits per heavy atom. The van der Waals surface area contributed by atoms with E-state index in [1.165, 1.54) is 0 Å². The van der Waals surface area contributed by atoms with Gasteiger partial charge in [-0.1, -0.05) is 6.92 Å². The van der Waals surface area contributed by atoms with Crippen LogP contribution in [0, 0.1) is 0 Å². The van der Waals surface area contributed by atoms with Gasteiger partial charge >= 0.3 is 0 Å². The predicted molar refractivity (Wildman–Crippen MR) is 44.9 cm³/mol. The standard InChI is InChI=1S/C6H15NO5S/c1-2-4-7(8,9)5-3-6-13(10,11)12/h8-9H,2-6H2,1H3/p+1. The molecule has 0 saturated carbocycles. The van der Waals surface area contributed by atoms with E-state index in [2.05, 4.69) is 0 Å². The smallest absolute Gasteiger partial charge is 0.265 e. The van der Waals surface area contributed by atoms with E-state index in [9.17, 15) is 8.42 Å². The molecule has 0 spiro atoms. The molecule has 3 N–H and O–H groups in total. The monoisotopic (exact) mass is 214 g/mol. The van der Waals surface area contributed by atoms with E-state index in [-0.39, 0.29) is 19.5 Å². The van der Waals surface area contributed by atoms with Crippen molar-refractivity contribution in [3.63, 3.8) is 0 Å². The van der Waals surface area contributed by atoms with Crippen molar-refractivity contribution in [2.45, 2.75) is 19.8 Å². The average Bonchev–Trinajstić information content (AvgIpc) is 1.82. The van der Waals surface area contributed by atoms with Gasteiger partial charge in [-0.2, -0.15) is 18.8 Å². The summed E-state index contributed by atoms with van der Waals surface area (Å²) in [7, 11) is -3.99. The average molecular weight is 214 g/mol. The topological polar surface area (TPSA) is 94.8 Å². The molecule has 0 aliphatic rings. The summed E-state index contributed by atoms with van der Waals surface area (Å²) >= 11 is 0. The highest BCUT2D eigenvalue weighted by molar-refractivity contribution is 7.85. The summed E-state index contributed by atoms with van der Waals surface area (Å²) in [6, 6.07) is 0. The number of hydrogen-bond acceptors (Lipinski definition) is 4. The fraction of sp³-hybridized carbons (Fsp3) is 1.00. The van der Waals surface area contributed by atoms with Crippen molar-refractivity contribution in [2.75, 3.05) is 18.8 Å². The van der Waals surface area contributed by atoms with Crippen LogP contribution in [0.1, 0.15) is 19.8 Å². The van der Waals surface area contributed by atoms with Gasteiger partial charge in [-0.25, -0.2) is 0 Å². The molecule has 7 heteroatoms. The summed E-state index contributed by atoms with van der Waals surface area (Å²) in [5, 5.41) is 18.3. The van der Waals surface area contributed by atoms with Gasteiger partial charge in [0.1, 0.15) is 13.1 Å². The molecule has 0 heterocycles. The van der Waals surface area contributed by atoms with Crippen LogP contribution in [0.25, 0.3) is 0 Å². The first kappa shape index (κ1) is 12.8. The fourth-order valence-electron chi connectivity index (χ4n) is 0.970. The maximum atomic E-state index is 10.3. The van der Waals surface area contributed by atoms with Gasteiger partial charge in [0.2, 0.25) is 0 Å². The Labute approximate surface area is 77.7 Å². The van der Waals surface area contributed by atoms with Crippen molar-refractivity contribution in [1.29, 1.82) is 0 Å². The van der Waals surface area contributed by atoms with Crippen LogP contribution in [0.15, 0.2) is 0 Å². The third-order valence-electron chi connectivity index (χ3n) is 1.50. The first-order valence-electron chi connectivity index (χ1n) is 4.04. The van der Waals surface area contributed by atoms with Crippen molar-refractivity contribution >= 4 is 10.1 Å². The molecule has 0 saturated heterocycles. The lowest BCUT2D eigenvalue weighted by molar-refractivity contribution is -1.24. The van der Waals surface area contributed by atoms with Gasteiger partial charge in [0.15, 0.2) is 0 Å². The van der Waals surface area contributed by atoms with Crippen molar-refractivity contribution in [2.24, 2.45) is 0 Å². The molecular weight excluding hydrogens is 198 g/mol. The minimum absolute atomic E-state index is 0.0197. The second-order valence-electron chi connectivity index (χ2n) is 2.97. The van der Waals surface area contributed by atoms with E-state index in [0.717, 1.165) is 0 Å². The molecule has 0 rings (SSSR count). The number of hydroxylamine groups is 4. The third-order valence-corrected chi connectivity index (χ3v) is 2.30. The molecule has 0 atom stereocenters. The predicted octanol–water partition coefficient (Wildman–Crippen LogP) is 0.270. The second kappa shape index (κ2) is 4.87. The van der Waals surface area contributed by atoms with E-state index < -0.39 is 20.7 Å². The van der Waals surface area contributed by atoms with Crippen molar-refractivity contribution in [1.82, 2.24) is 0 Å². The van der Waals surface area contributed by atoms with E-state index >= 15 is 0 Å². The maximum absolute atomic E-state index is 10.3. The molecule has 0 aliphatic carbocycles. The first-order valence-corrected chi connectivity index (χ1v) is 5.65. The van der Waals surface area contributed by atoms with E-state index in [4.69, 9.17) is 15.0 Å². The van der Waals surface area contributed by atoms with Gasteiger partial charge in [0, 0.05) is 6.42 Å². The summed E-state index contributed by atoms with van der Waals surface area (Å²) in [5.41, 5.74) is 0. The Kier molecular flexibility index (Phi) is 4.79. The lowest BCUT2D eigenvalue weighted by Gasteiger charge is -2.19. The van der Waals surface area contributed by atoms with Gasteiger partial charge in [0.25, 0.3) is 10.1 Å². The van der Waals surface area contributed by atoms with Crippen molar-refractivity contribution in [3.05, 3.63) is 0 Å². The highest BCUT2D eigenvalue weighted by Gasteiger charge is 2.21. The van der Waals surface area contributed by atoms with Crippen molar-refractivity contribution < 1.29 is 28.2 Å². The zero-order chi connectivity index (χ0) is 10.5. The largest absolute Gasteiger partial charge is 0.286 e. The van der Waals surface area contributed by atoms with E-state index in [1.807, 2.05) is 0 Å². The van der Waals surface area contributed by atoms with Gasteiger partial charge in [-0.15, -0.1) is 0 Å². The number of hydrogen-bond donors (Lipinski definition) is 3. The fourth-order valence-corrected chi connectivity index (χ4v) is 1.46. The molecule has 0 fully saturated rings. The third kappa shape index (κ3) is 8.13. The second-order valence-corrected chi connectivity index (χ2v) is 4.54. The molecule has 0 aromatic rings. The lowest BCUT2D eigenvalue weighted by atomic mass is 10.4. The maximum Gasteiger partial charge on any atom is 0.265 e. The minimum atomic E-state index is -3.99. The van der Waals surface area contributed by atoms with Crippen LogP contribution in [-0.4, -0.2) is 47.0 Å². The molecule has 0 bridgehead atoms. The Morgan fingerprint density at radius 1 is 1.23 bits per heavy atom. The summed E-state index contributed by atoms with van der Waals surface area (Å²) in [5.74, 6) is -0.447. The normalized spacial score (nSPS) is 13.2. The molecule has 0 aromatic heterocycles. The van der Waals surface area contributed by atoms with Crippen LogP contribution in [0.2, 0.25) is 0 Å². The van der Waals surface area contributed by atoms with Gasteiger partial charge in [-0.05, 0) is 11.2 Å². The summed E-state index contributed by atoms with van der Waals surface area (Å²) in [4.78, 5) is -1.19. The van der Waals surface area contributed by atoms with Crippen LogP contribution < -0.4 is 0 Å². The van der Waals surface area contributed by atoms with Crippen LogP contribution in [0.5, 0.6) is 0 Å². The summed E-state index contributed by atoms with van der Waals surface area (Å²) in [6.45, 7) is 1.82. The van der Waals surface area contributed by atoms with Crippen LogP contribution in [0.4, 0.5) is 0 Å². The molecule has 0 aromatic carbocycles.